The average Bonchev–Trinajstić information content (AvgIpc) is 2.67. The predicted molar refractivity (Wildman–Crippen MR) is 90.5 cm³/mol. The van der Waals surface area contributed by atoms with Gasteiger partial charge in [0.05, 0.1) is 29.4 Å². The zero-order valence-electron chi connectivity index (χ0n) is 13.3. The van der Waals surface area contributed by atoms with E-state index in [0.29, 0.717) is 28.3 Å². The van der Waals surface area contributed by atoms with Crippen molar-refractivity contribution in [3.63, 3.8) is 0 Å². The molecule has 0 radical (unpaired) electrons. The lowest BCUT2D eigenvalue weighted by atomic mass is 10.1. The number of aromatic carboxylic acids is 2. The minimum Gasteiger partial charge on any atom is -0.477 e. The van der Waals surface area contributed by atoms with E-state index in [2.05, 4.69) is 15.0 Å². The highest BCUT2D eigenvalue weighted by atomic mass is 16.4. The Bertz CT molecular complexity index is 928. The second kappa shape index (κ2) is 7.08. The van der Waals surface area contributed by atoms with Crippen molar-refractivity contribution in [3.8, 4) is 22.8 Å². The summed E-state index contributed by atoms with van der Waals surface area (Å²) >= 11 is 0. The van der Waals surface area contributed by atoms with Crippen molar-refractivity contribution in [1.82, 2.24) is 15.0 Å². The van der Waals surface area contributed by atoms with Gasteiger partial charge in [-0.05, 0) is 42.0 Å². The highest BCUT2D eigenvalue weighted by Gasteiger charge is 2.13. The predicted octanol–water partition coefficient (Wildman–Crippen LogP) is 2.09. The fourth-order valence-electron chi connectivity index (χ4n) is 2.33. The topological polar surface area (TPSA) is 134 Å². The van der Waals surface area contributed by atoms with Gasteiger partial charge in [0.2, 0.25) is 0 Å². The molecule has 130 valence electrons. The van der Waals surface area contributed by atoms with Crippen molar-refractivity contribution in [3.05, 3.63) is 65.5 Å². The first-order valence-electron chi connectivity index (χ1n) is 7.51. The Kier molecular flexibility index (Phi) is 4.68. The molecule has 26 heavy (non-hydrogen) atoms. The molecule has 0 aliphatic rings. The normalized spacial score (nSPS) is 10.5. The summed E-state index contributed by atoms with van der Waals surface area (Å²) in [5.41, 5.74) is 1.56. The van der Waals surface area contributed by atoms with E-state index in [9.17, 15) is 14.7 Å². The number of carboxylic acids is 2. The van der Waals surface area contributed by atoms with Gasteiger partial charge < -0.3 is 15.3 Å². The van der Waals surface area contributed by atoms with Gasteiger partial charge in [0, 0.05) is 0 Å². The number of carbonyl (C=O) groups is 2. The lowest BCUT2D eigenvalue weighted by Crippen LogP contribution is -2.03. The molecule has 8 heteroatoms. The van der Waals surface area contributed by atoms with Gasteiger partial charge in [-0.15, -0.1) is 0 Å². The first-order valence-corrected chi connectivity index (χ1v) is 7.51. The Balaban J connectivity index is 2.13. The Morgan fingerprint density at radius 3 is 1.58 bits per heavy atom. The molecule has 0 fully saturated rings. The highest BCUT2D eigenvalue weighted by molar-refractivity contribution is 5.86. The van der Waals surface area contributed by atoms with E-state index in [0.717, 1.165) is 0 Å². The van der Waals surface area contributed by atoms with Crippen molar-refractivity contribution < 1.29 is 24.9 Å². The maximum absolute atomic E-state index is 11.1. The van der Waals surface area contributed by atoms with Crippen molar-refractivity contribution in [1.29, 1.82) is 0 Å². The number of hydrogen-bond donors (Lipinski definition) is 3. The van der Waals surface area contributed by atoms with Gasteiger partial charge in [-0.2, -0.15) is 0 Å². The Hall–Kier alpha value is -3.65. The summed E-state index contributed by atoms with van der Waals surface area (Å²) in [5, 5.41) is 27.7. The van der Waals surface area contributed by atoms with E-state index < -0.39 is 11.9 Å². The van der Waals surface area contributed by atoms with Gasteiger partial charge in [0.1, 0.15) is 11.4 Å². The quantitative estimate of drug-likeness (QED) is 0.636. The van der Waals surface area contributed by atoms with Crippen LogP contribution in [0.4, 0.5) is 0 Å². The van der Waals surface area contributed by atoms with Gasteiger partial charge in [0.25, 0.3) is 0 Å². The molecule has 0 aliphatic heterocycles. The molecule has 3 aromatic rings. The summed E-state index contributed by atoms with van der Waals surface area (Å²) in [7, 11) is 0. The van der Waals surface area contributed by atoms with Crippen LogP contribution in [0.5, 0.6) is 0 Å². The van der Waals surface area contributed by atoms with E-state index in [4.69, 9.17) is 10.2 Å². The van der Waals surface area contributed by atoms with Gasteiger partial charge >= 0.3 is 11.9 Å². The Labute approximate surface area is 147 Å². The maximum atomic E-state index is 11.1. The number of nitrogens with zero attached hydrogens (tertiary/aromatic N) is 3. The summed E-state index contributed by atoms with van der Waals surface area (Å²) in [4.78, 5) is 34.7. The standard InChI is InChI=1S/C18H13N3O5/c22-9-10-7-15(11-3-1-5-13(19-11)17(23)24)21-16(8-10)12-4-2-6-14(20-12)18(25)26/h1-8,22H,9H2,(H,23,24)(H,25,26). The SMILES string of the molecule is O=C(O)c1cccc(-c2cc(CO)cc(-c3cccc(C(=O)O)n3)n2)n1. The number of pyridine rings is 3. The van der Waals surface area contributed by atoms with Crippen LogP contribution in [0, 0.1) is 0 Å². The number of hydrogen-bond acceptors (Lipinski definition) is 6. The number of rotatable bonds is 5. The van der Waals surface area contributed by atoms with E-state index in [-0.39, 0.29) is 18.0 Å². The molecule has 0 saturated carbocycles. The molecule has 0 unspecified atom stereocenters. The van der Waals surface area contributed by atoms with Crippen LogP contribution in [-0.2, 0) is 6.61 Å². The van der Waals surface area contributed by atoms with Crippen LogP contribution in [0.2, 0.25) is 0 Å². The molecule has 3 N–H and O–H groups in total. The smallest absolute Gasteiger partial charge is 0.354 e. The molecule has 3 heterocycles. The van der Waals surface area contributed by atoms with Crippen LogP contribution in [0.3, 0.4) is 0 Å². The van der Waals surface area contributed by atoms with E-state index >= 15 is 0 Å². The van der Waals surface area contributed by atoms with Crippen molar-refractivity contribution >= 4 is 11.9 Å². The molecular formula is C18H13N3O5. The van der Waals surface area contributed by atoms with E-state index in [1.165, 1.54) is 12.1 Å². The van der Waals surface area contributed by atoms with Crippen LogP contribution in [0.25, 0.3) is 22.8 Å². The number of aliphatic hydroxyl groups is 1. The van der Waals surface area contributed by atoms with E-state index in [1.54, 1.807) is 36.4 Å². The first-order chi connectivity index (χ1) is 12.5. The van der Waals surface area contributed by atoms with Gasteiger partial charge in [-0.25, -0.2) is 24.5 Å². The van der Waals surface area contributed by atoms with E-state index in [1.807, 2.05) is 0 Å². The van der Waals surface area contributed by atoms with Crippen molar-refractivity contribution in [2.75, 3.05) is 0 Å². The molecule has 0 saturated heterocycles. The third-order valence-corrected chi connectivity index (χ3v) is 3.53. The minimum absolute atomic E-state index is 0.133. The zero-order valence-corrected chi connectivity index (χ0v) is 13.3. The van der Waals surface area contributed by atoms with Crippen LogP contribution in [0.15, 0.2) is 48.5 Å². The molecule has 0 aromatic carbocycles. The molecule has 0 spiro atoms. The summed E-state index contributed by atoms with van der Waals surface area (Å²) in [5.74, 6) is -2.33. The molecule has 3 rings (SSSR count). The second-order valence-corrected chi connectivity index (χ2v) is 5.33. The summed E-state index contributed by atoms with van der Waals surface area (Å²) < 4.78 is 0. The maximum Gasteiger partial charge on any atom is 0.354 e. The molecule has 0 amide bonds. The van der Waals surface area contributed by atoms with Crippen LogP contribution in [0.1, 0.15) is 26.5 Å². The fourth-order valence-corrected chi connectivity index (χ4v) is 2.33. The van der Waals surface area contributed by atoms with Crippen LogP contribution >= 0.6 is 0 Å². The molecule has 8 nitrogen and oxygen atoms in total. The zero-order chi connectivity index (χ0) is 18.7. The Morgan fingerprint density at radius 2 is 1.19 bits per heavy atom. The molecule has 0 aliphatic carbocycles. The fraction of sp³-hybridized carbons (Fsp3) is 0.0556. The molecule has 3 aromatic heterocycles. The highest BCUT2D eigenvalue weighted by Crippen LogP contribution is 2.23. The van der Waals surface area contributed by atoms with Crippen molar-refractivity contribution in [2.45, 2.75) is 6.61 Å². The first kappa shape index (κ1) is 17.2. The number of aromatic nitrogens is 3. The average molecular weight is 351 g/mol. The number of carboxylic acid groups (broad SMARTS) is 2. The monoisotopic (exact) mass is 351 g/mol. The lowest BCUT2D eigenvalue weighted by molar-refractivity contribution is 0.0680. The second-order valence-electron chi connectivity index (χ2n) is 5.33. The minimum atomic E-state index is -1.17. The number of aliphatic hydroxyl groups excluding tert-OH is 1. The summed E-state index contributed by atoms with van der Waals surface area (Å²) in [6.45, 7) is -0.278. The van der Waals surface area contributed by atoms with Gasteiger partial charge in [-0.1, -0.05) is 12.1 Å². The largest absolute Gasteiger partial charge is 0.477 e. The van der Waals surface area contributed by atoms with Gasteiger partial charge in [0.15, 0.2) is 0 Å². The van der Waals surface area contributed by atoms with Crippen LogP contribution < -0.4 is 0 Å². The molecule has 0 atom stereocenters. The Morgan fingerprint density at radius 1 is 0.731 bits per heavy atom. The molecule has 0 bridgehead atoms. The van der Waals surface area contributed by atoms with Crippen LogP contribution in [-0.4, -0.2) is 42.2 Å². The summed E-state index contributed by atoms with van der Waals surface area (Å²) in [6.07, 6.45) is 0. The summed E-state index contributed by atoms with van der Waals surface area (Å²) in [6, 6.07) is 12.2. The van der Waals surface area contributed by atoms with Gasteiger partial charge in [-0.3, -0.25) is 0 Å². The lowest BCUT2D eigenvalue weighted by Gasteiger charge is -2.08. The van der Waals surface area contributed by atoms with Crippen molar-refractivity contribution in [2.24, 2.45) is 0 Å². The third-order valence-electron chi connectivity index (χ3n) is 3.53. The molecular weight excluding hydrogens is 338 g/mol. The third kappa shape index (κ3) is 3.55.